The fourth-order valence-corrected chi connectivity index (χ4v) is 3.77. The Bertz CT molecular complexity index is 540. The predicted molar refractivity (Wildman–Crippen MR) is 83.4 cm³/mol. The quantitative estimate of drug-likeness (QED) is 0.922. The Kier molecular flexibility index (Phi) is 3.92. The molecular weight excluding hydrogens is 262 g/mol. The molecule has 2 aliphatic rings. The van der Waals surface area contributed by atoms with Crippen LogP contribution in [0.25, 0.3) is 0 Å². The molecule has 1 amide bonds. The van der Waals surface area contributed by atoms with E-state index in [0.717, 1.165) is 18.1 Å². The van der Waals surface area contributed by atoms with Gasteiger partial charge in [-0.2, -0.15) is 0 Å². The van der Waals surface area contributed by atoms with Crippen LogP contribution < -0.4 is 10.1 Å². The highest BCUT2D eigenvalue weighted by Crippen LogP contribution is 2.44. The van der Waals surface area contributed by atoms with Gasteiger partial charge >= 0.3 is 0 Å². The molecule has 114 valence electrons. The zero-order valence-corrected chi connectivity index (χ0v) is 13.2. The van der Waals surface area contributed by atoms with Gasteiger partial charge in [0.15, 0.2) is 6.10 Å². The molecule has 3 nitrogen and oxygen atoms in total. The maximum absolute atomic E-state index is 12.3. The summed E-state index contributed by atoms with van der Waals surface area (Å²) in [6.07, 6.45) is 4.66. The van der Waals surface area contributed by atoms with E-state index in [1.54, 1.807) is 0 Å². The normalized spacial score (nSPS) is 28.4. The van der Waals surface area contributed by atoms with Crippen LogP contribution in [0.1, 0.15) is 43.7 Å². The van der Waals surface area contributed by atoms with Crippen molar-refractivity contribution in [2.75, 3.05) is 0 Å². The molecule has 2 fully saturated rings. The Morgan fingerprint density at radius 1 is 1.24 bits per heavy atom. The van der Waals surface area contributed by atoms with Crippen LogP contribution in [-0.4, -0.2) is 18.1 Å². The Labute approximate surface area is 127 Å². The van der Waals surface area contributed by atoms with E-state index in [9.17, 15) is 4.79 Å². The summed E-state index contributed by atoms with van der Waals surface area (Å²) in [5.74, 6) is 2.34. The number of carbonyl (C=O) groups is 1. The number of hydrogen-bond donors (Lipinski definition) is 1. The number of ether oxygens (including phenoxy) is 1. The van der Waals surface area contributed by atoms with Crippen molar-refractivity contribution in [3.8, 4) is 5.75 Å². The standard InChI is InChI=1S/C18H25NO2/c1-11-4-7-16(8-12(11)2)21-13(3)18(20)19-17-10-14-5-6-15(17)9-14/h4,7-8,13-15,17H,5-6,9-10H2,1-3H3,(H,19,20)/t13-,14+,15+,17-/m1/s1. The van der Waals surface area contributed by atoms with Gasteiger partial charge in [0.25, 0.3) is 5.91 Å². The molecule has 0 unspecified atom stereocenters. The number of amides is 1. The molecule has 3 heteroatoms. The van der Waals surface area contributed by atoms with Gasteiger partial charge in [0.05, 0.1) is 0 Å². The number of carbonyl (C=O) groups excluding carboxylic acids is 1. The second kappa shape index (κ2) is 5.70. The lowest BCUT2D eigenvalue weighted by Gasteiger charge is -2.25. The second-order valence-electron chi connectivity index (χ2n) is 6.80. The van der Waals surface area contributed by atoms with Gasteiger partial charge in [0.1, 0.15) is 5.75 Å². The third kappa shape index (κ3) is 3.07. The highest BCUT2D eigenvalue weighted by Gasteiger charge is 2.40. The molecule has 2 aliphatic carbocycles. The molecule has 0 aliphatic heterocycles. The van der Waals surface area contributed by atoms with Gasteiger partial charge in [-0.05, 0) is 75.1 Å². The van der Waals surface area contributed by atoms with Gasteiger partial charge in [0, 0.05) is 6.04 Å². The summed E-state index contributed by atoms with van der Waals surface area (Å²) in [6.45, 7) is 5.96. The molecule has 0 saturated heterocycles. The largest absolute Gasteiger partial charge is 0.481 e. The van der Waals surface area contributed by atoms with Crippen LogP contribution >= 0.6 is 0 Å². The number of fused-ring (bicyclic) bond motifs is 2. The van der Waals surface area contributed by atoms with Crippen molar-refractivity contribution < 1.29 is 9.53 Å². The van der Waals surface area contributed by atoms with Crippen LogP contribution in [0.2, 0.25) is 0 Å². The van der Waals surface area contributed by atoms with Crippen LogP contribution in [0.15, 0.2) is 18.2 Å². The van der Waals surface area contributed by atoms with Crippen molar-refractivity contribution in [3.63, 3.8) is 0 Å². The first-order valence-corrected chi connectivity index (χ1v) is 8.07. The van der Waals surface area contributed by atoms with E-state index in [-0.39, 0.29) is 5.91 Å². The lowest BCUT2D eigenvalue weighted by Crippen LogP contribution is -2.44. The smallest absolute Gasteiger partial charge is 0.261 e. The van der Waals surface area contributed by atoms with Crippen molar-refractivity contribution in [2.24, 2.45) is 11.8 Å². The van der Waals surface area contributed by atoms with Gasteiger partial charge in [-0.3, -0.25) is 4.79 Å². The Hall–Kier alpha value is -1.51. The minimum absolute atomic E-state index is 0.0192. The zero-order chi connectivity index (χ0) is 15.0. The third-order valence-electron chi connectivity index (χ3n) is 5.23. The monoisotopic (exact) mass is 287 g/mol. The van der Waals surface area contributed by atoms with Crippen molar-refractivity contribution in [1.82, 2.24) is 5.32 Å². The van der Waals surface area contributed by atoms with Crippen LogP contribution in [0, 0.1) is 25.7 Å². The molecule has 0 aromatic heterocycles. The molecule has 2 saturated carbocycles. The molecule has 1 N–H and O–H groups in total. The van der Waals surface area contributed by atoms with Crippen LogP contribution in [0.3, 0.4) is 0 Å². The third-order valence-corrected chi connectivity index (χ3v) is 5.23. The summed E-state index contributed by atoms with van der Waals surface area (Å²) in [5.41, 5.74) is 2.43. The molecule has 0 spiro atoms. The molecule has 0 heterocycles. The number of hydrogen-bond acceptors (Lipinski definition) is 2. The van der Waals surface area contributed by atoms with Crippen LogP contribution in [-0.2, 0) is 4.79 Å². The van der Waals surface area contributed by atoms with Crippen molar-refractivity contribution in [1.29, 1.82) is 0 Å². The first-order valence-electron chi connectivity index (χ1n) is 8.07. The average Bonchev–Trinajstić information content (AvgIpc) is 3.05. The number of nitrogens with one attached hydrogen (secondary N) is 1. The first kappa shape index (κ1) is 14.4. The van der Waals surface area contributed by atoms with Crippen molar-refractivity contribution in [2.45, 2.75) is 58.6 Å². The highest BCUT2D eigenvalue weighted by atomic mass is 16.5. The van der Waals surface area contributed by atoms with Gasteiger partial charge in [-0.1, -0.05) is 12.5 Å². The number of benzene rings is 1. The Morgan fingerprint density at radius 2 is 2.05 bits per heavy atom. The van der Waals surface area contributed by atoms with E-state index < -0.39 is 6.10 Å². The molecule has 0 radical (unpaired) electrons. The first-order chi connectivity index (χ1) is 10.0. The van der Waals surface area contributed by atoms with Gasteiger partial charge in [-0.25, -0.2) is 0 Å². The highest BCUT2D eigenvalue weighted by molar-refractivity contribution is 5.81. The van der Waals surface area contributed by atoms with Gasteiger partial charge < -0.3 is 10.1 Å². The maximum Gasteiger partial charge on any atom is 0.261 e. The van der Waals surface area contributed by atoms with E-state index in [4.69, 9.17) is 4.74 Å². The van der Waals surface area contributed by atoms with Crippen LogP contribution in [0.5, 0.6) is 5.75 Å². The van der Waals surface area contributed by atoms with E-state index in [0.29, 0.717) is 12.0 Å². The minimum Gasteiger partial charge on any atom is -0.481 e. The summed E-state index contributed by atoms with van der Waals surface area (Å²) >= 11 is 0. The van der Waals surface area contributed by atoms with Crippen molar-refractivity contribution >= 4 is 5.91 Å². The van der Waals surface area contributed by atoms with E-state index in [1.807, 2.05) is 25.1 Å². The lowest BCUT2D eigenvalue weighted by molar-refractivity contribution is -0.128. The maximum atomic E-state index is 12.3. The van der Waals surface area contributed by atoms with Crippen LogP contribution in [0.4, 0.5) is 0 Å². The van der Waals surface area contributed by atoms with E-state index in [1.165, 1.54) is 30.4 Å². The molecular formula is C18H25NO2. The zero-order valence-electron chi connectivity index (χ0n) is 13.2. The Morgan fingerprint density at radius 3 is 2.67 bits per heavy atom. The van der Waals surface area contributed by atoms with E-state index >= 15 is 0 Å². The van der Waals surface area contributed by atoms with Gasteiger partial charge in [0.2, 0.25) is 0 Å². The molecule has 4 atom stereocenters. The van der Waals surface area contributed by atoms with Gasteiger partial charge in [-0.15, -0.1) is 0 Å². The molecule has 21 heavy (non-hydrogen) atoms. The van der Waals surface area contributed by atoms with E-state index in [2.05, 4.69) is 19.2 Å². The minimum atomic E-state index is -0.439. The summed E-state index contributed by atoms with van der Waals surface area (Å²) in [7, 11) is 0. The fraction of sp³-hybridized carbons (Fsp3) is 0.611. The molecule has 2 bridgehead atoms. The SMILES string of the molecule is Cc1ccc(O[C@H](C)C(=O)N[C@@H]2C[C@H]3CC[C@H]2C3)cc1C. The lowest BCUT2D eigenvalue weighted by atomic mass is 9.95. The Balaban J connectivity index is 1.56. The molecule has 1 aromatic carbocycles. The topological polar surface area (TPSA) is 38.3 Å². The summed E-state index contributed by atoms with van der Waals surface area (Å²) in [5, 5.41) is 3.19. The average molecular weight is 287 g/mol. The molecule has 1 aromatic rings. The predicted octanol–water partition coefficient (Wildman–Crippen LogP) is 3.38. The fourth-order valence-electron chi connectivity index (χ4n) is 3.77. The summed E-state index contributed by atoms with van der Waals surface area (Å²) < 4.78 is 5.79. The summed E-state index contributed by atoms with van der Waals surface area (Å²) in [4.78, 5) is 12.3. The number of aryl methyl sites for hydroxylation is 2. The second-order valence-corrected chi connectivity index (χ2v) is 6.80. The number of rotatable bonds is 4. The molecule has 3 rings (SSSR count). The van der Waals surface area contributed by atoms with Crippen molar-refractivity contribution in [3.05, 3.63) is 29.3 Å². The summed E-state index contributed by atoms with van der Waals surface area (Å²) in [6, 6.07) is 6.34.